The highest BCUT2D eigenvalue weighted by Crippen LogP contribution is 2.43. The molecule has 1 unspecified atom stereocenters. The SMILES string of the molecule is CCCCC/C=C/C/C=C/C/C=C/CCCCC(=O)OC[C@H](COP(=O)(O)OCCN)OC(=O)CCCCCCCCCCC/C=C/CCCCCC. The summed E-state index contributed by atoms with van der Waals surface area (Å²) in [4.78, 5) is 34.8. The number of esters is 2. The van der Waals surface area contributed by atoms with Gasteiger partial charge < -0.3 is 20.1 Å². The minimum atomic E-state index is -4.38. The molecule has 0 aliphatic heterocycles. The lowest BCUT2D eigenvalue weighted by Gasteiger charge is -2.19. The van der Waals surface area contributed by atoms with E-state index >= 15 is 0 Å². The number of ether oxygens (including phenoxy) is 2. The Morgan fingerprint density at radius 3 is 1.55 bits per heavy atom. The third-order valence-corrected chi connectivity index (χ3v) is 9.67. The first-order valence-electron chi connectivity index (χ1n) is 21.1. The Hall–Kier alpha value is -2.03. The second kappa shape index (κ2) is 39.7. The van der Waals surface area contributed by atoms with Gasteiger partial charge in [0.15, 0.2) is 6.10 Å². The number of hydrogen-bond donors (Lipinski definition) is 2. The summed E-state index contributed by atoms with van der Waals surface area (Å²) in [7, 11) is -4.38. The average molecular weight is 768 g/mol. The predicted octanol–water partition coefficient (Wildman–Crippen LogP) is 11.9. The summed E-state index contributed by atoms with van der Waals surface area (Å²) in [6, 6.07) is 0. The quantitative estimate of drug-likeness (QED) is 0.0271. The molecule has 0 saturated carbocycles. The molecule has 0 aliphatic carbocycles. The van der Waals surface area contributed by atoms with E-state index in [0.29, 0.717) is 12.8 Å². The predicted molar refractivity (Wildman–Crippen MR) is 220 cm³/mol. The zero-order valence-electron chi connectivity index (χ0n) is 33.7. The van der Waals surface area contributed by atoms with Crippen molar-refractivity contribution in [3.63, 3.8) is 0 Å². The van der Waals surface area contributed by atoms with Crippen LogP contribution in [-0.4, -0.2) is 49.3 Å². The van der Waals surface area contributed by atoms with Crippen LogP contribution in [0.1, 0.15) is 181 Å². The molecule has 0 spiro atoms. The van der Waals surface area contributed by atoms with E-state index in [9.17, 15) is 19.0 Å². The third kappa shape index (κ3) is 39.5. The molecule has 0 aromatic rings. The zero-order valence-corrected chi connectivity index (χ0v) is 34.6. The van der Waals surface area contributed by atoms with Gasteiger partial charge in [0, 0.05) is 19.4 Å². The van der Waals surface area contributed by atoms with E-state index < -0.39 is 32.5 Å². The van der Waals surface area contributed by atoms with E-state index in [0.717, 1.165) is 51.4 Å². The van der Waals surface area contributed by atoms with Gasteiger partial charge in [-0.1, -0.05) is 140 Å². The highest BCUT2D eigenvalue weighted by molar-refractivity contribution is 7.47. The maximum absolute atomic E-state index is 12.6. The van der Waals surface area contributed by atoms with Crippen molar-refractivity contribution < 1.29 is 37.6 Å². The lowest BCUT2D eigenvalue weighted by molar-refractivity contribution is -0.161. The summed E-state index contributed by atoms with van der Waals surface area (Å²) in [5.74, 6) is -0.877. The molecule has 0 aromatic heterocycles. The minimum Gasteiger partial charge on any atom is -0.462 e. The number of carbonyl (C=O) groups is 2. The van der Waals surface area contributed by atoms with E-state index in [4.69, 9.17) is 24.3 Å². The first kappa shape index (κ1) is 51.0. The molecular formula is C43H78NO8P. The molecule has 0 radical (unpaired) electrons. The van der Waals surface area contributed by atoms with Crippen molar-refractivity contribution in [2.75, 3.05) is 26.4 Å². The van der Waals surface area contributed by atoms with Gasteiger partial charge in [-0.2, -0.15) is 0 Å². The molecule has 0 aliphatic rings. The van der Waals surface area contributed by atoms with Crippen LogP contribution >= 0.6 is 7.82 Å². The van der Waals surface area contributed by atoms with Gasteiger partial charge in [0.25, 0.3) is 0 Å². The monoisotopic (exact) mass is 768 g/mol. The van der Waals surface area contributed by atoms with Crippen molar-refractivity contribution in [1.82, 2.24) is 0 Å². The van der Waals surface area contributed by atoms with Crippen LogP contribution in [0.3, 0.4) is 0 Å². The number of phosphoric acid groups is 1. The van der Waals surface area contributed by atoms with Gasteiger partial charge >= 0.3 is 19.8 Å². The second-order valence-electron chi connectivity index (χ2n) is 13.8. The summed E-state index contributed by atoms with van der Waals surface area (Å²) in [6.45, 7) is 3.64. The summed E-state index contributed by atoms with van der Waals surface area (Å²) in [5, 5.41) is 0. The highest BCUT2D eigenvalue weighted by atomic mass is 31.2. The molecular weight excluding hydrogens is 689 g/mol. The molecule has 0 heterocycles. The Bertz CT molecular complexity index is 1010. The molecule has 0 aromatic carbocycles. The Balaban J connectivity index is 4.23. The zero-order chi connectivity index (χ0) is 38.9. The van der Waals surface area contributed by atoms with Crippen LogP contribution in [0, 0.1) is 0 Å². The number of phosphoric ester groups is 1. The van der Waals surface area contributed by atoms with Crippen molar-refractivity contribution in [3.05, 3.63) is 48.6 Å². The number of rotatable bonds is 39. The van der Waals surface area contributed by atoms with Crippen LogP contribution in [0.25, 0.3) is 0 Å². The third-order valence-electron chi connectivity index (χ3n) is 8.69. The van der Waals surface area contributed by atoms with Gasteiger partial charge in [0.05, 0.1) is 13.2 Å². The number of allylic oxidation sites excluding steroid dienone is 8. The van der Waals surface area contributed by atoms with Gasteiger partial charge in [-0.3, -0.25) is 18.6 Å². The lowest BCUT2D eigenvalue weighted by atomic mass is 10.1. The Kier molecular flexibility index (Phi) is 38.1. The van der Waals surface area contributed by atoms with Crippen molar-refractivity contribution in [2.45, 2.75) is 187 Å². The van der Waals surface area contributed by atoms with E-state index in [-0.39, 0.29) is 32.6 Å². The molecule has 0 saturated heterocycles. The first-order valence-corrected chi connectivity index (χ1v) is 22.6. The van der Waals surface area contributed by atoms with Crippen molar-refractivity contribution in [1.29, 1.82) is 0 Å². The van der Waals surface area contributed by atoms with Crippen LogP contribution in [0.15, 0.2) is 48.6 Å². The molecule has 308 valence electrons. The maximum atomic E-state index is 12.6. The molecule has 0 rings (SSSR count). The Labute approximate surface area is 324 Å². The van der Waals surface area contributed by atoms with E-state index in [2.05, 4.69) is 62.5 Å². The maximum Gasteiger partial charge on any atom is 0.472 e. The molecule has 0 bridgehead atoms. The lowest BCUT2D eigenvalue weighted by Crippen LogP contribution is -2.29. The number of unbranched alkanes of at least 4 members (excludes halogenated alkanes) is 18. The fraction of sp³-hybridized carbons (Fsp3) is 0.767. The number of hydrogen-bond acceptors (Lipinski definition) is 8. The summed E-state index contributed by atoms with van der Waals surface area (Å²) < 4.78 is 32.7. The largest absolute Gasteiger partial charge is 0.472 e. The van der Waals surface area contributed by atoms with Crippen molar-refractivity contribution in [3.8, 4) is 0 Å². The Morgan fingerprint density at radius 2 is 0.981 bits per heavy atom. The standard InChI is InChI=1S/C43H78NO8P/c1-3-5-7-9-11-13-15-17-19-20-22-24-26-28-30-32-34-36-43(46)52-41(40-51-53(47,48)50-38-37-44)39-49-42(45)35-33-31-29-27-25-23-21-18-16-14-12-10-8-6-4-2/h12-15,18,21,25,27,41H,3-11,16-17,19-20,22-24,26,28-40,44H2,1-2H3,(H,47,48)/b14-12+,15-13+,21-18+,27-25+/t41-/m1/s1. The van der Waals surface area contributed by atoms with Gasteiger partial charge in [-0.15, -0.1) is 0 Å². The molecule has 2 atom stereocenters. The second-order valence-corrected chi connectivity index (χ2v) is 15.3. The summed E-state index contributed by atoms with van der Waals surface area (Å²) in [5.41, 5.74) is 5.34. The van der Waals surface area contributed by atoms with Crippen LogP contribution in [0.4, 0.5) is 0 Å². The van der Waals surface area contributed by atoms with Crippen LogP contribution < -0.4 is 5.73 Å². The topological polar surface area (TPSA) is 134 Å². The highest BCUT2D eigenvalue weighted by Gasteiger charge is 2.25. The van der Waals surface area contributed by atoms with Crippen LogP contribution in [0.2, 0.25) is 0 Å². The van der Waals surface area contributed by atoms with E-state index in [1.165, 1.54) is 89.9 Å². The molecule has 53 heavy (non-hydrogen) atoms. The minimum absolute atomic E-state index is 0.0467. The number of carbonyl (C=O) groups excluding carboxylic acids is 2. The number of nitrogens with two attached hydrogens (primary N) is 1. The van der Waals surface area contributed by atoms with Crippen molar-refractivity contribution in [2.24, 2.45) is 5.73 Å². The molecule has 3 N–H and O–H groups in total. The molecule has 0 amide bonds. The smallest absolute Gasteiger partial charge is 0.462 e. The van der Waals surface area contributed by atoms with Gasteiger partial charge in [-0.25, -0.2) is 4.57 Å². The van der Waals surface area contributed by atoms with Gasteiger partial charge in [-0.05, 0) is 77.0 Å². The van der Waals surface area contributed by atoms with Gasteiger partial charge in [0.2, 0.25) is 0 Å². The summed E-state index contributed by atoms with van der Waals surface area (Å²) >= 11 is 0. The fourth-order valence-corrected chi connectivity index (χ4v) is 6.28. The first-order chi connectivity index (χ1) is 25.8. The average Bonchev–Trinajstić information content (AvgIpc) is 3.14. The molecule has 9 nitrogen and oxygen atoms in total. The Morgan fingerprint density at radius 1 is 0.566 bits per heavy atom. The van der Waals surface area contributed by atoms with E-state index in [1.54, 1.807) is 0 Å². The van der Waals surface area contributed by atoms with Crippen LogP contribution in [0.5, 0.6) is 0 Å². The molecule has 10 heteroatoms. The van der Waals surface area contributed by atoms with Crippen molar-refractivity contribution >= 4 is 19.8 Å². The van der Waals surface area contributed by atoms with Crippen LogP contribution in [-0.2, 0) is 32.7 Å². The molecule has 0 fully saturated rings. The van der Waals surface area contributed by atoms with Gasteiger partial charge in [0.1, 0.15) is 6.61 Å². The fourth-order valence-electron chi connectivity index (χ4n) is 5.52. The summed E-state index contributed by atoms with van der Waals surface area (Å²) in [6.07, 6.45) is 44.2. The normalized spacial score (nSPS) is 13.8. The van der Waals surface area contributed by atoms with E-state index in [1.807, 2.05) is 0 Å².